The van der Waals surface area contributed by atoms with Crippen LogP contribution in [-0.4, -0.2) is 20.5 Å². The van der Waals surface area contributed by atoms with Crippen LogP contribution >= 0.6 is 0 Å². The van der Waals surface area contributed by atoms with E-state index in [4.69, 9.17) is 5.11 Å². The smallest absolute Gasteiger partial charge is 0.304 e. The molecular formula is C11H11FN2O2. The first kappa shape index (κ1) is 10.6. The first-order valence-corrected chi connectivity index (χ1v) is 4.92. The molecule has 2 aromatic heterocycles. The van der Waals surface area contributed by atoms with E-state index in [1.165, 1.54) is 12.3 Å². The Hall–Kier alpha value is -1.91. The van der Waals surface area contributed by atoms with Crippen LogP contribution in [0.4, 0.5) is 4.39 Å². The van der Waals surface area contributed by atoms with Gasteiger partial charge in [0.15, 0.2) is 0 Å². The highest BCUT2D eigenvalue weighted by Crippen LogP contribution is 2.20. The van der Waals surface area contributed by atoms with Gasteiger partial charge in [-0.1, -0.05) is 6.92 Å². The number of aromatic nitrogens is 2. The second kappa shape index (κ2) is 3.92. The fourth-order valence-corrected chi connectivity index (χ4v) is 1.70. The lowest BCUT2D eigenvalue weighted by atomic mass is 10.1. The molecule has 0 spiro atoms. The third kappa shape index (κ3) is 1.88. The van der Waals surface area contributed by atoms with E-state index in [-0.39, 0.29) is 18.2 Å². The van der Waals surface area contributed by atoms with Gasteiger partial charge in [-0.2, -0.15) is 0 Å². The molecule has 84 valence electrons. The number of carbonyl (C=O) groups is 1. The minimum absolute atomic E-state index is 0.00427. The molecule has 4 nitrogen and oxygen atoms in total. The van der Waals surface area contributed by atoms with Gasteiger partial charge in [-0.3, -0.25) is 4.79 Å². The van der Waals surface area contributed by atoms with Gasteiger partial charge < -0.3 is 9.51 Å². The average molecular weight is 222 g/mol. The molecule has 2 aromatic rings. The molecule has 2 rings (SSSR count). The van der Waals surface area contributed by atoms with E-state index in [1.807, 2.05) is 0 Å². The molecule has 1 unspecified atom stereocenters. The Morgan fingerprint density at radius 3 is 3.06 bits per heavy atom. The van der Waals surface area contributed by atoms with Crippen molar-refractivity contribution in [3.05, 3.63) is 36.0 Å². The zero-order valence-corrected chi connectivity index (χ0v) is 8.72. The maximum atomic E-state index is 13.1. The van der Waals surface area contributed by atoms with E-state index in [1.54, 1.807) is 23.6 Å². The lowest BCUT2D eigenvalue weighted by molar-refractivity contribution is -0.137. The van der Waals surface area contributed by atoms with Gasteiger partial charge in [-0.25, -0.2) is 9.37 Å². The molecule has 0 aromatic carbocycles. The molecule has 16 heavy (non-hydrogen) atoms. The predicted molar refractivity (Wildman–Crippen MR) is 55.8 cm³/mol. The van der Waals surface area contributed by atoms with Crippen molar-refractivity contribution in [3.63, 3.8) is 0 Å². The molecular weight excluding hydrogens is 211 g/mol. The first-order chi connectivity index (χ1) is 7.58. The number of hydrogen-bond acceptors (Lipinski definition) is 2. The van der Waals surface area contributed by atoms with Gasteiger partial charge in [0.25, 0.3) is 0 Å². The largest absolute Gasteiger partial charge is 0.481 e. The zero-order valence-electron chi connectivity index (χ0n) is 8.72. The van der Waals surface area contributed by atoms with Gasteiger partial charge in [0.2, 0.25) is 0 Å². The molecule has 1 N–H and O–H groups in total. The summed E-state index contributed by atoms with van der Waals surface area (Å²) in [5, 5.41) is 8.71. The molecule has 0 fully saturated rings. The summed E-state index contributed by atoms with van der Waals surface area (Å²) in [6.07, 6.45) is 2.91. The summed E-state index contributed by atoms with van der Waals surface area (Å²) in [6, 6.07) is 2.89. The Balaban J connectivity index is 2.44. The van der Waals surface area contributed by atoms with E-state index >= 15 is 0 Å². The second-order valence-electron chi connectivity index (χ2n) is 3.76. The zero-order chi connectivity index (χ0) is 11.7. The Labute approximate surface area is 91.4 Å². The number of fused-ring (bicyclic) bond motifs is 1. The van der Waals surface area contributed by atoms with Crippen molar-refractivity contribution in [2.45, 2.75) is 19.3 Å². The van der Waals surface area contributed by atoms with Gasteiger partial charge in [0.05, 0.1) is 6.42 Å². The standard InChI is InChI=1S/C11H11FN2O2/c1-7(4-11(15)16)9-5-13-10-3-2-8(12)6-14(9)10/h2-3,5-7H,4H2,1H3,(H,15,16). The van der Waals surface area contributed by atoms with Gasteiger partial charge in [-0.15, -0.1) is 0 Å². The van der Waals surface area contributed by atoms with Crippen molar-refractivity contribution in [1.29, 1.82) is 0 Å². The third-order valence-corrected chi connectivity index (χ3v) is 2.48. The molecule has 0 radical (unpaired) electrons. The summed E-state index contributed by atoms with van der Waals surface area (Å²) in [7, 11) is 0. The van der Waals surface area contributed by atoms with Crippen molar-refractivity contribution in [2.24, 2.45) is 0 Å². The monoisotopic (exact) mass is 222 g/mol. The van der Waals surface area contributed by atoms with Crippen LogP contribution in [-0.2, 0) is 4.79 Å². The number of halogens is 1. The molecule has 0 aliphatic heterocycles. The average Bonchev–Trinajstić information content (AvgIpc) is 2.59. The Morgan fingerprint density at radius 1 is 1.62 bits per heavy atom. The highest BCUT2D eigenvalue weighted by molar-refractivity contribution is 5.67. The van der Waals surface area contributed by atoms with Crippen molar-refractivity contribution in [1.82, 2.24) is 9.38 Å². The van der Waals surface area contributed by atoms with Crippen LogP contribution in [0.15, 0.2) is 24.5 Å². The minimum atomic E-state index is -0.876. The van der Waals surface area contributed by atoms with E-state index in [0.29, 0.717) is 11.3 Å². The summed E-state index contributed by atoms with van der Waals surface area (Å²) in [5.41, 5.74) is 1.32. The van der Waals surface area contributed by atoms with Crippen LogP contribution in [0.2, 0.25) is 0 Å². The van der Waals surface area contributed by atoms with Crippen LogP contribution in [0.1, 0.15) is 25.0 Å². The summed E-state index contributed by atoms with van der Waals surface area (Å²) in [5.74, 6) is -1.44. The lowest BCUT2D eigenvalue weighted by Crippen LogP contribution is -2.05. The number of rotatable bonds is 3. The van der Waals surface area contributed by atoms with Crippen LogP contribution in [0, 0.1) is 5.82 Å². The summed E-state index contributed by atoms with van der Waals surface area (Å²) in [6.45, 7) is 1.78. The van der Waals surface area contributed by atoms with Gasteiger partial charge >= 0.3 is 5.97 Å². The maximum Gasteiger partial charge on any atom is 0.304 e. The predicted octanol–water partition coefficient (Wildman–Crippen LogP) is 2.05. The van der Waals surface area contributed by atoms with Crippen molar-refractivity contribution < 1.29 is 14.3 Å². The van der Waals surface area contributed by atoms with Crippen molar-refractivity contribution in [2.75, 3.05) is 0 Å². The number of nitrogens with zero attached hydrogens (tertiary/aromatic N) is 2. The molecule has 0 saturated heterocycles. The normalized spacial score (nSPS) is 12.9. The fraction of sp³-hybridized carbons (Fsp3) is 0.273. The quantitative estimate of drug-likeness (QED) is 0.864. The maximum absolute atomic E-state index is 13.1. The van der Waals surface area contributed by atoms with Crippen molar-refractivity contribution >= 4 is 11.6 Å². The second-order valence-corrected chi connectivity index (χ2v) is 3.76. The summed E-state index contributed by atoms with van der Waals surface area (Å²) >= 11 is 0. The number of carboxylic acid groups (broad SMARTS) is 1. The summed E-state index contributed by atoms with van der Waals surface area (Å²) in [4.78, 5) is 14.7. The van der Waals surface area contributed by atoms with Crippen LogP contribution in [0.3, 0.4) is 0 Å². The summed E-state index contributed by atoms with van der Waals surface area (Å²) < 4.78 is 14.6. The molecule has 0 aliphatic carbocycles. The molecule has 5 heteroatoms. The molecule has 0 saturated carbocycles. The SMILES string of the molecule is CC(CC(=O)O)c1cnc2ccc(F)cn12. The fourth-order valence-electron chi connectivity index (χ4n) is 1.70. The molecule has 0 bridgehead atoms. The lowest BCUT2D eigenvalue weighted by Gasteiger charge is -2.08. The van der Waals surface area contributed by atoms with Crippen LogP contribution < -0.4 is 0 Å². The highest BCUT2D eigenvalue weighted by Gasteiger charge is 2.14. The van der Waals surface area contributed by atoms with E-state index in [2.05, 4.69) is 4.98 Å². The Morgan fingerprint density at radius 2 is 2.38 bits per heavy atom. The van der Waals surface area contributed by atoms with E-state index in [0.717, 1.165) is 0 Å². The highest BCUT2D eigenvalue weighted by atomic mass is 19.1. The third-order valence-electron chi connectivity index (χ3n) is 2.48. The Kier molecular flexibility index (Phi) is 2.60. The van der Waals surface area contributed by atoms with E-state index < -0.39 is 5.97 Å². The molecule has 0 amide bonds. The number of pyridine rings is 1. The number of carboxylic acids is 1. The van der Waals surface area contributed by atoms with Gasteiger partial charge in [-0.05, 0) is 12.1 Å². The first-order valence-electron chi connectivity index (χ1n) is 4.92. The number of hydrogen-bond donors (Lipinski definition) is 1. The molecule has 1 atom stereocenters. The molecule has 0 aliphatic rings. The van der Waals surface area contributed by atoms with Gasteiger partial charge in [0, 0.05) is 24.0 Å². The topological polar surface area (TPSA) is 54.6 Å². The van der Waals surface area contributed by atoms with Gasteiger partial charge in [0.1, 0.15) is 11.5 Å². The van der Waals surface area contributed by atoms with Crippen molar-refractivity contribution in [3.8, 4) is 0 Å². The van der Waals surface area contributed by atoms with Crippen LogP contribution in [0.5, 0.6) is 0 Å². The number of imidazole rings is 1. The Bertz CT molecular complexity index is 536. The van der Waals surface area contributed by atoms with E-state index in [9.17, 15) is 9.18 Å². The minimum Gasteiger partial charge on any atom is -0.481 e. The van der Waals surface area contributed by atoms with Crippen LogP contribution in [0.25, 0.3) is 5.65 Å². The molecule has 2 heterocycles. The number of aliphatic carboxylic acids is 1.